The lowest BCUT2D eigenvalue weighted by molar-refractivity contribution is -0.128. The molecule has 0 aromatic heterocycles. The first-order chi connectivity index (χ1) is 8.75. The lowest BCUT2D eigenvalue weighted by atomic mass is 10.2. The van der Waals surface area contributed by atoms with Crippen molar-refractivity contribution >= 4 is 21.9 Å². The summed E-state index contributed by atoms with van der Waals surface area (Å²) in [5, 5.41) is 0. The van der Waals surface area contributed by atoms with Crippen LogP contribution < -0.4 is 4.74 Å². The molecule has 0 bridgehead atoms. The highest BCUT2D eigenvalue weighted by Crippen LogP contribution is 2.14. The molecule has 0 saturated carbocycles. The third-order valence-electron chi connectivity index (χ3n) is 2.13. The summed E-state index contributed by atoms with van der Waals surface area (Å²) in [4.78, 5) is 11.5. The first-order valence-corrected chi connectivity index (χ1v) is 6.08. The molecular weight excluding hydrogens is 292 g/mol. The van der Waals surface area contributed by atoms with E-state index in [1.54, 1.807) is 24.3 Å². The fourth-order valence-electron chi connectivity index (χ4n) is 1.30. The van der Waals surface area contributed by atoms with Gasteiger partial charge in [-0.05, 0) is 40.2 Å². The molecule has 0 saturated heterocycles. The average molecular weight is 301 g/mol. The molecule has 0 aliphatic carbocycles. The molecule has 0 heterocycles. The summed E-state index contributed by atoms with van der Waals surface area (Å²) in [6.07, 6.45) is 0. The molecule has 0 unspecified atom stereocenters. The zero-order valence-corrected chi connectivity index (χ0v) is 11.0. The molecular formula is C15H9BrO2. The summed E-state index contributed by atoms with van der Waals surface area (Å²) >= 11 is 3.36. The van der Waals surface area contributed by atoms with E-state index < -0.39 is 5.97 Å². The molecule has 0 radical (unpaired) electrons. The minimum absolute atomic E-state index is 0.490. The van der Waals surface area contributed by atoms with Gasteiger partial charge in [0.2, 0.25) is 0 Å². The number of para-hydroxylation sites is 1. The van der Waals surface area contributed by atoms with E-state index >= 15 is 0 Å². The molecule has 88 valence electrons. The smallest absolute Gasteiger partial charge is 0.390 e. The second-order valence-electron chi connectivity index (χ2n) is 3.43. The van der Waals surface area contributed by atoms with Crippen LogP contribution in [0.3, 0.4) is 0 Å². The van der Waals surface area contributed by atoms with Crippen molar-refractivity contribution in [1.82, 2.24) is 0 Å². The molecule has 0 aliphatic heterocycles. The van der Waals surface area contributed by atoms with Crippen molar-refractivity contribution in [3.8, 4) is 17.6 Å². The standard InChI is InChI=1S/C15H9BrO2/c16-14-9-5-4-6-12(14)10-11-15(17)18-13-7-2-1-3-8-13/h1-9H. The van der Waals surface area contributed by atoms with Crippen molar-refractivity contribution in [2.45, 2.75) is 0 Å². The van der Waals surface area contributed by atoms with Gasteiger partial charge >= 0.3 is 5.97 Å². The second-order valence-corrected chi connectivity index (χ2v) is 4.29. The first kappa shape index (κ1) is 12.4. The van der Waals surface area contributed by atoms with E-state index in [4.69, 9.17) is 4.74 Å². The van der Waals surface area contributed by atoms with Gasteiger partial charge in [0, 0.05) is 16.0 Å². The Hall–Kier alpha value is -2.05. The minimum Gasteiger partial charge on any atom is -0.417 e. The van der Waals surface area contributed by atoms with Gasteiger partial charge in [-0.2, -0.15) is 0 Å². The van der Waals surface area contributed by atoms with Gasteiger partial charge in [-0.3, -0.25) is 0 Å². The SMILES string of the molecule is O=C(C#Cc1ccccc1Br)Oc1ccccc1. The Balaban J connectivity index is 2.07. The van der Waals surface area contributed by atoms with E-state index in [1.807, 2.05) is 30.3 Å². The van der Waals surface area contributed by atoms with Crippen LogP contribution in [-0.2, 0) is 4.79 Å². The van der Waals surface area contributed by atoms with Gasteiger partial charge in [0.25, 0.3) is 0 Å². The van der Waals surface area contributed by atoms with Crippen molar-refractivity contribution in [1.29, 1.82) is 0 Å². The number of hydrogen-bond donors (Lipinski definition) is 0. The number of esters is 1. The Morgan fingerprint density at radius 3 is 2.39 bits per heavy atom. The zero-order valence-electron chi connectivity index (χ0n) is 9.39. The maximum Gasteiger partial charge on any atom is 0.390 e. The number of rotatable bonds is 1. The van der Waals surface area contributed by atoms with E-state index in [0.717, 1.165) is 10.0 Å². The maximum absolute atomic E-state index is 11.5. The molecule has 0 aliphatic rings. The Bertz CT molecular complexity index is 609. The van der Waals surface area contributed by atoms with E-state index in [9.17, 15) is 4.79 Å². The molecule has 0 amide bonds. The highest BCUT2D eigenvalue weighted by atomic mass is 79.9. The van der Waals surface area contributed by atoms with Crippen molar-refractivity contribution in [2.75, 3.05) is 0 Å². The monoisotopic (exact) mass is 300 g/mol. The first-order valence-electron chi connectivity index (χ1n) is 5.29. The van der Waals surface area contributed by atoms with Gasteiger partial charge in [0.15, 0.2) is 0 Å². The highest BCUT2D eigenvalue weighted by molar-refractivity contribution is 9.10. The van der Waals surface area contributed by atoms with Gasteiger partial charge in [0.05, 0.1) is 0 Å². The van der Waals surface area contributed by atoms with Crippen LogP contribution in [0, 0.1) is 11.8 Å². The van der Waals surface area contributed by atoms with E-state index in [1.165, 1.54) is 0 Å². The van der Waals surface area contributed by atoms with Gasteiger partial charge in [-0.15, -0.1) is 0 Å². The molecule has 2 rings (SSSR count). The number of hydrogen-bond acceptors (Lipinski definition) is 2. The summed E-state index contributed by atoms with van der Waals surface area (Å²) in [5.41, 5.74) is 0.752. The molecule has 2 aromatic rings. The fraction of sp³-hybridized carbons (Fsp3) is 0. The normalized spacial score (nSPS) is 9.17. The second kappa shape index (κ2) is 6.04. The molecule has 2 nitrogen and oxygen atoms in total. The Morgan fingerprint density at radius 1 is 1.00 bits per heavy atom. The van der Waals surface area contributed by atoms with Gasteiger partial charge in [-0.25, -0.2) is 4.79 Å². The highest BCUT2D eigenvalue weighted by Gasteiger charge is 1.99. The van der Waals surface area contributed by atoms with Crippen molar-refractivity contribution < 1.29 is 9.53 Å². The predicted molar refractivity (Wildman–Crippen MR) is 73.1 cm³/mol. The summed E-state index contributed by atoms with van der Waals surface area (Å²) in [6.45, 7) is 0. The summed E-state index contributed by atoms with van der Waals surface area (Å²) in [6, 6.07) is 16.3. The van der Waals surface area contributed by atoms with Gasteiger partial charge in [0.1, 0.15) is 5.75 Å². The zero-order chi connectivity index (χ0) is 12.8. The van der Waals surface area contributed by atoms with Crippen LogP contribution in [0.5, 0.6) is 5.75 Å². The molecule has 0 N–H and O–H groups in total. The number of ether oxygens (including phenoxy) is 1. The number of carbonyl (C=O) groups is 1. The van der Waals surface area contributed by atoms with Crippen LogP contribution in [0.1, 0.15) is 5.56 Å². The molecule has 2 aromatic carbocycles. The van der Waals surface area contributed by atoms with Crippen LogP contribution >= 0.6 is 15.9 Å². The Kier molecular flexibility index (Phi) is 4.16. The number of halogens is 1. The average Bonchev–Trinajstić information content (AvgIpc) is 2.39. The predicted octanol–water partition coefficient (Wildman–Crippen LogP) is 3.41. The third kappa shape index (κ3) is 3.47. The summed E-state index contributed by atoms with van der Waals surface area (Å²) in [7, 11) is 0. The third-order valence-corrected chi connectivity index (χ3v) is 2.82. The maximum atomic E-state index is 11.5. The van der Waals surface area contributed by atoms with Crippen molar-refractivity contribution in [3.05, 3.63) is 64.6 Å². The quantitative estimate of drug-likeness (QED) is 0.458. The van der Waals surface area contributed by atoms with Crippen LogP contribution in [-0.4, -0.2) is 5.97 Å². The summed E-state index contributed by atoms with van der Waals surface area (Å²) < 4.78 is 5.90. The number of benzene rings is 2. The Morgan fingerprint density at radius 2 is 1.67 bits per heavy atom. The molecule has 18 heavy (non-hydrogen) atoms. The largest absolute Gasteiger partial charge is 0.417 e. The molecule has 0 spiro atoms. The van der Waals surface area contributed by atoms with Crippen LogP contribution in [0.2, 0.25) is 0 Å². The lowest BCUT2D eigenvalue weighted by Gasteiger charge is -1.97. The molecule has 0 fully saturated rings. The van der Waals surface area contributed by atoms with E-state index in [-0.39, 0.29) is 0 Å². The van der Waals surface area contributed by atoms with E-state index in [2.05, 4.69) is 27.8 Å². The van der Waals surface area contributed by atoms with E-state index in [0.29, 0.717) is 5.75 Å². The fourth-order valence-corrected chi connectivity index (χ4v) is 1.69. The lowest BCUT2D eigenvalue weighted by Crippen LogP contribution is -2.04. The van der Waals surface area contributed by atoms with Gasteiger partial charge < -0.3 is 4.74 Å². The Labute approximate surface area is 114 Å². The van der Waals surface area contributed by atoms with Crippen LogP contribution in [0.4, 0.5) is 0 Å². The molecule has 0 atom stereocenters. The topological polar surface area (TPSA) is 26.3 Å². The van der Waals surface area contributed by atoms with Crippen molar-refractivity contribution in [3.63, 3.8) is 0 Å². The molecule has 3 heteroatoms. The van der Waals surface area contributed by atoms with Crippen molar-refractivity contribution in [2.24, 2.45) is 0 Å². The van der Waals surface area contributed by atoms with Crippen LogP contribution in [0.25, 0.3) is 0 Å². The van der Waals surface area contributed by atoms with Crippen LogP contribution in [0.15, 0.2) is 59.1 Å². The number of carbonyl (C=O) groups excluding carboxylic acids is 1. The minimum atomic E-state index is -0.572. The summed E-state index contributed by atoms with van der Waals surface area (Å²) in [5.74, 6) is 5.13. The van der Waals surface area contributed by atoms with Gasteiger partial charge in [-0.1, -0.05) is 36.3 Å².